The minimum Gasteiger partial charge on any atom is -0.372 e. The van der Waals surface area contributed by atoms with Crippen molar-refractivity contribution < 1.29 is 35.9 Å². The second-order valence-electron chi connectivity index (χ2n) is 10.5. The van der Waals surface area contributed by atoms with Crippen molar-refractivity contribution in [1.82, 2.24) is 10.6 Å². The number of hydrogen-bond acceptors (Lipinski definition) is 3. The molecule has 4 rings (SSSR count). The molecule has 0 unspecified atom stereocenters. The van der Waals surface area contributed by atoms with Crippen molar-refractivity contribution in [3.8, 4) is 0 Å². The molecule has 4 nitrogen and oxygen atoms in total. The lowest BCUT2D eigenvalue weighted by molar-refractivity contribution is -0.143. The Bertz CT molecular complexity index is 883. The van der Waals surface area contributed by atoms with E-state index in [4.69, 9.17) is 4.74 Å². The zero-order chi connectivity index (χ0) is 25.5. The van der Waals surface area contributed by atoms with Gasteiger partial charge in [-0.2, -0.15) is 26.3 Å². The van der Waals surface area contributed by atoms with Crippen LogP contribution in [-0.4, -0.2) is 30.1 Å². The van der Waals surface area contributed by atoms with Crippen LogP contribution in [0.3, 0.4) is 0 Å². The van der Waals surface area contributed by atoms with Gasteiger partial charge < -0.3 is 15.4 Å². The van der Waals surface area contributed by atoms with Crippen molar-refractivity contribution in [1.29, 1.82) is 0 Å². The molecule has 1 aromatic carbocycles. The van der Waals surface area contributed by atoms with Gasteiger partial charge in [-0.1, -0.05) is 19.3 Å². The van der Waals surface area contributed by atoms with Crippen LogP contribution in [-0.2, 0) is 21.9 Å². The molecule has 3 aliphatic rings. The molecule has 0 bridgehead atoms. The maximum absolute atomic E-state index is 13.3. The number of ether oxygens (including phenoxy) is 1. The van der Waals surface area contributed by atoms with Gasteiger partial charge in [0.25, 0.3) is 0 Å². The van der Waals surface area contributed by atoms with Gasteiger partial charge in [0.1, 0.15) is 0 Å². The van der Waals surface area contributed by atoms with Crippen LogP contribution in [0.2, 0.25) is 0 Å². The van der Waals surface area contributed by atoms with Gasteiger partial charge >= 0.3 is 12.4 Å². The minimum atomic E-state index is -4.90. The Morgan fingerprint density at radius 1 is 0.971 bits per heavy atom. The highest BCUT2D eigenvalue weighted by molar-refractivity contribution is 5.79. The van der Waals surface area contributed by atoms with E-state index in [-0.39, 0.29) is 29.7 Å². The average molecular weight is 507 g/mol. The fraction of sp³-hybridized carbons (Fsp3) is 0.720. The maximum atomic E-state index is 13.3. The molecular formula is C25H32F6N2O2. The summed E-state index contributed by atoms with van der Waals surface area (Å²) in [5.74, 6) is 0.331. The van der Waals surface area contributed by atoms with Crippen molar-refractivity contribution in [3.63, 3.8) is 0 Å². The highest BCUT2D eigenvalue weighted by Gasteiger charge is 2.49. The summed E-state index contributed by atoms with van der Waals surface area (Å²) >= 11 is 0. The summed E-state index contributed by atoms with van der Waals surface area (Å²) in [7, 11) is 0. The fourth-order valence-corrected chi connectivity index (χ4v) is 5.91. The number of carbonyl (C=O) groups excluding carboxylic acids is 1. The monoisotopic (exact) mass is 506 g/mol. The smallest absolute Gasteiger partial charge is 0.372 e. The molecule has 1 aliphatic carbocycles. The van der Waals surface area contributed by atoms with Gasteiger partial charge in [-0.3, -0.25) is 4.79 Å². The first-order valence-corrected chi connectivity index (χ1v) is 12.3. The van der Waals surface area contributed by atoms with Crippen LogP contribution in [0.4, 0.5) is 26.3 Å². The molecule has 196 valence electrons. The fourth-order valence-electron chi connectivity index (χ4n) is 5.91. The lowest BCUT2D eigenvalue weighted by atomic mass is 9.68. The quantitative estimate of drug-likeness (QED) is 0.471. The van der Waals surface area contributed by atoms with Crippen LogP contribution >= 0.6 is 0 Å². The zero-order valence-electron chi connectivity index (χ0n) is 19.7. The number of rotatable bonds is 5. The average Bonchev–Trinajstić information content (AvgIpc) is 3.18. The van der Waals surface area contributed by atoms with Gasteiger partial charge in [0.05, 0.1) is 29.4 Å². The van der Waals surface area contributed by atoms with Crippen molar-refractivity contribution in [3.05, 3.63) is 34.9 Å². The number of halogens is 6. The summed E-state index contributed by atoms with van der Waals surface area (Å²) in [6.45, 7) is 2.25. The van der Waals surface area contributed by atoms with Gasteiger partial charge in [0.15, 0.2) is 0 Å². The third-order valence-electron chi connectivity index (χ3n) is 8.12. The van der Waals surface area contributed by atoms with Gasteiger partial charge in [-0.15, -0.1) is 0 Å². The topological polar surface area (TPSA) is 50.4 Å². The van der Waals surface area contributed by atoms with Gasteiger partial charge in [0.2, 0.25) is 5.91 Å². The molecule has 35 heavy (non-hydrogen) atoms. The highest BCUT2D eigenvalue weighted by Crippen LogP contribution is 2.43. The number of hydrogen-bond donors (Lipinski definition) is 2. The number of carbonyl (C=O) groups is 1. The Labute approximate surface area is 201 Å². The van der Waals surface area contributed by atoms with E-state index in [0.29, 0.717) is 18.9 Å². The van der Waals surface area contributed by atoms with Gasteiger partial charge in [-0.25, -0.2) is 0 Å². The second-order valence-corrected chi connectivity index (χ2v) is 10.5. The molecule has 2 N–H and O–H groups in total. The van der Waals surface area contributed by atoms with Crippen molar-refractivity contribution in [2.45, 2.75) is 94.2 Å². The van der Waals surface area contributed by atoms with Crippen LogP contribution in [0, 0.1) is 5.92 Å². The SMILES string of the molecule is C[C@@H](OC[C@@]1(C2CCCCC2)CC[C@]2(CCC(=O)N2)CN1)c1cc(C(F)(F)F)cc(C(F)(F)F)c1. The molecule has 1 spiro atoms. The van der Waals surface area contributed by atoms with Crippen LogP contribution < -0.4 is 10.6 Å². The molecule has 2 saturated heterocycles. The standard InChI is InChI=1S/C25H32F6N2O2/c1-16(17-11-19(24(26,27)28)13-20(12-17)25(29,30)31)35-15-23(18-5-3-2-4-6-18)10-9-22(14-32-23)8-7-21(34)33-22/h11-13,16,18,32H,2-10,14-15H2,1H3,(H,33,34)/t16-,22-,23-/m1/s1. The van der Waals surface area contributed by atoms with Crippen LogP contribution in [0.25, 0.3) is 0 Å². The third kappa shape index (κ3) is 5.79. The summed E-state index contributed by atoms with van der Waals surface area (Å²) in [5.41, 5.74) is -3.55. The number of benzene rings is 1. The van der Waals surface area contributed by atoms with Crippen molar-refractivity contribution in [2.75, 3.05) is 13.2 Å². The number of alkyl halides is 6. The Kier molecular flexibility index (Phi) is 7.18. The second kappa shape index (κ2) is 9.57. The van der Waals surface area contributed by atoms with Gasteiger partial charge in [0, 0.05) is 18.5 Å². The van der Waals surface area contributed by atoms with E-state index in [2.05, 4.69) is 10.6 Å². The molecule has 1 aromatic rings. The van der Waals surface area contributed by atoms with Crippen molar-refractivity contribution in [2.24, 2.45) is 5.92 Å². The van der Waals surface area contributed by atoms with E-state index in [9.17, 15) is 31.1 Å². The largest absolute Gasteiger partial charge is 0.416 e. The summed E-state index contributed by atoms with van der Waals surface area (Å²) in [5, 5.41) is 6.72. The predicted molar refractivity (Wildman–Crippen MR) is 117 cm³/mol. The van der Waals surface area contributed by atoms with Crippen LogP contribution in [0.5, 0.6) is 0 Å². The van der Waals surface area contributed by atoms with Crippen LogP contribution in [0.15, 0.2) is 18.2 Å². The molecule has 2 aliphatic heterocycles. The molecular weight excluding hydrogens is 474 g/mol. The van der Waals surface area contributed by atoms with E-state index in [0.717, 1.165) is 63.5 Å². The van der Waals surface area contributed by atoms with E-state index in [1.54, 1.807) is 0 Å². The number of amides is 1. The van der Waals surface area contributed by atoms with E-state index in [1.165, 1.54) is 6.92 Å². The van der Waals surface area contributed by atoms with E-state index < -0.39 is 35.1 Å². The normalized spacial score (nSPS) is 29.4. The lowest BCUT2D eigenvalue weighted by Crippen LogP contribution is -2.66. The molecule has 1 saturated carbocycles. The Morgan fingerprint density at radius 3 is 2.09 bits per heavy atom. The first kappa shape index (κ1) is 26.3. The predicted octanol–water partition coefficient (Wildman–Crippen LogP) is 6.15. The first-order chi connectivity index (χ1) is 16.3. The van der Waals surface area contributed by atoms with Gasteiger partial charge in [-0.05, 0) is 68.7 Å². The molecule has 3 atom stereocenters. The summed E-state index contributed by atoms with van der Waals surface area (Å²) in [6.07, 6.45) is -2.74. The lowest BCUT2D eigenvalue weighted by Gasteiger charge is -2.51. The maximum Gasteiger partial charge on any atom is 0.416 e. The molecule has 1 amide bonds. The Balaban J connectivity index is 1.53. The van der Waals surface area contributed by atoms with Crippen molar-refractivity contribution >= 4 is 5.91 Å². The number of piperidine rings is 1. The molecule has 2 heterocycles. The first-order valence-electron chi connectivity index (χ1n) is 12.3. The highest BCUT2D eigenvalue weighted by atomic mass is 19.4. The zero-order valence-corrected chi connectivity index (χ0v) is 19.7. The molecule has 0 aromatic heterocycles. The molecule has 3 fully saturated rings. The summed E-state index contributed by atoms with van der Waals surface area (Å²) in [6, 6.07) is 1.62. The Hall–Kier alpha value is -1.81. The van der Waals surface area contributed by atoms with E-state index in [1.807, 2.05) is 0 Å². The third-order valence-corrected chi connectivity index (χ3v) is 8.12. The molecule has 0 radical (unpaired) electrons. The molecule has 10 heteroatoms. The Morgan fingerprint density at radius 2 is 1.60 bits per heavy atom. The summed E-state index contributed by atoms with van der Waals surface area (Å²) < 4.78 is 85.9. The van der Waals surface area contributed by atoms with E-state index >= 15 is 0 Å². The van der Waals surface area contributed by atoms with Crippen LogP contribution in [0.1, 0.15) is 87.5 Å². The summed E-state index contributed by atoms with van der Waals surface area (Å²) in [4.78, 5) is 11.8. The number of nitrogens with one attached hydrogen (secondary N) is 2. The minimum absolute atomic E-state index is 0.0341.